The minimum Gasteiger partial charge on any atom is -0.456 e. The highest BCUT2D eigenvalue weighted by Gasteiger charge is 2.85. The summed E-state index contributed by atoms with van der Waals surface area (Å²) in [6.07, 6.45) is -24.2. The van der Waals surface area contributed by atoms with Gasteiger partial charge in [-0.25, -0.2) is 0 Å². The molecule has 77 heavy (non-hydrogen) atoms. The van der Waals surface area contributed by atoms with Crippen LogP contribution < -0.4 is 0 Å². The average Bonchev–Trinajstić information content (AvgIpc) is 3.88. The van der Waals surface area contributed by atoms with Gasteiger partial charge in [-0.15, -0.1) is 0 Å². The number of allylic oxidation sites excluding steroid dienone is 1. The van der Waals surface area contributed by atoms with Crippen LogP contribution in [0.2, 0.25) is 0 Å². The van der Waals surface area contributed by atoms with Crippen LogP contribution in [0.4, 0.5) is 0 Å². The summed E-state index contributed by atoms with van der Waals surface area (Å²) in [5.74, 6) is -0.208. The fourth-order valence-electron chi connectivity index (χ4n) is 16.2. The molecule has 0 aromatic rings. The van der Waals surface area contributed by atoms with E-state index in [-0.39, 0.29) is 18.4 Å². The van der Waals surface area contributed by atoms with Gasteiger partial charge >= 0.3 is 5.97 Å². The Morgan fingerprint density at radius 2 is 1.27 bits per heavy atom. The van der Waals surface area contributed by atoms with Crippen molar-refractivity contribution in [1.82, 2.24) is 0 Å². The monoisotopic (exact) mass is 1100 g/mol. The number of aliphatic hydroxyl groups excluding tert-OH is 11. The van der Waals surface area contributed by atoms with Gasteiger partial charge in [0.15, 0.2) is 25.2 Å². The second kappa shape index (κ2) is 21.8. The smallest absolute Gasteiger partial charge is 0.319 e. The molecule has 3 saturated carbocycles. The summed E-state index contributed by atoms with van der Waals surface area (Å²) in [5, 5.41) is 135. The maximum Gasteiger partial charge on any atom is 0.319 e. The van der Waals surface area contributed by atoms with Crippen LogP contribution in [0.3, 0.4) is 0 Å². The highest BCUT2D eigenvalue weighted by Crippen LogP contribution is 2.77. The molecule has 23 heteroatoms. The molecule has 0 radical (unpaired) electrons. The zero-order valence-electron chi connectivity index (χ0n) is 45.8. The summed E-state index contributed by atoms with van der Waals surface area (Å²) < 4.78 is 59.6. The molecule has 0 aromatic carbocycles. The summed E-state index contributed by atoms with van der Waals surface area (Å²) in [4.78, 5) is 14.5. The second-order valence-corrected chi connectivity index (χ2v) is 25.5. The number of aliphatic hydroxyl groups is 12. The lowest BCUT2D eigenvalue weighted by atomic mass is 9.40. The Labute approximate surface area is 449 Å². The van der Waals surface area contributed by atoms with Gasteiger partial charge in [-0.3, -0.25) is 4.79 Å². The van der Waals surface area contributed by atoms with Crippen molar-refractivity contribution in [3.63, 3.8) is 0 Å². The Morgan fingerprint density at radius 3 is 1.90 bits per heavy atom. The van der Waals surface area contributed by atoms with Crippen molar-refractivity contribution in [1.29, 1.82) is 0 Å². The quantitative estimate of drug-likeness (QED) is 0.0519. The van der Waals surface area contributed by atoms with Crippen LogP contribution >= 0.6 is 0 Å². The van der Waals surface area contributed by atoms with Gasteiger partial charge in [0.05, 0.1) is 38.1 Å². The summed E-state index contributed by atoms with van der Waals surface area (Å²) in [6, 6.07) is 0. The number of carbonyl (C=O) groups excluding carboxylic acids is 1. The van der Waals surface area contributed by atoms with E-state index in [0.29, 0.717) is 44.4 Å². The summed E-state index contributed by atoms with van der Waals surface area (Å²) in [6.45, 7) is 14.2. The zero-order chi connectivity index (χ0) is 56.3. The fraction of sp³-hybridized carbons (Fsp3) is 0.944. The first-order chi connectivity index (χ1) is 36.1. The highest BCUT2D eigenvalue weighted by molar-refractivity contribution is 5.86. The van der Waals surface area contributed by atoms with Gasteiger partial charge in [0.2, 0.25) is 0 Å². The molecule has 23 nitrogen and oxygen atoms in total. The molecule has 442 valence electrons. The Hall–Kier alpha value is -1.63. The number of ether oxygens (including phenoxy) is 10. The van der Waals surface area contributed by atoms with Crippen LogP contribution in [0.25, 0.3) is 0 Å². The van der Waals surface area contributed by atoms with Crippen molar-refractivity contribution in [3.8, 4) is 0 Å². The van der Waals surface area contributed by atoms with Gasteiger partial charge in [-0.1, -0.05) is 59.6 Å². The number of esters is 1. The lowest BCUT2D eigenvalue weighted by Gasteiger charge is -2.64. The van der Waals surface area contributed by atoms with Gasteiger partial charge < -0.3 is 109 Å². The molecule has 0 aromatic heterocycles. The van der Waals surface area contributed by atoms with Gasteiger partial charge in [0.25, 0.3) is 0 Å². The third-order valence-corrected chi connectivity index (χ3v) is 20.6. The van der Waals surface area contributed by atoms with Gasteiger partial charge in [0, 0.05) is 7.11 Å². The number of methoxy groups -OCH3 is 1. The Kier molecular flexibility index (Phi) is 17.0. The minimum absolute atomic E-state index is 0.0135. The molecule has 9 rings (SSSR count). The molecular weight excluding hydrogens is 1020 g/mol. The van der Waals surface area contributed by atoms with E-state index in [1.807, 2.05) is 13.0 Å². The molecule has 5 aliphatic heterocycles. The van der Waals surface area contributed by atoms with E-state index in [0.717, 1.165) is 24.8 Å². The normalized spacial score (nSPS) is 53.5. The molecule has 1 spiro atoms. The molecule has 0 bridgehead atoms. The van der Waals surface area contributed by atoms with Crippen LogP contribution in [0, 0.1) is 39.4 Å². The zero-order valence-corrected chi connectivity index (χ0v) is 45.8. The molecule has 0 amide bonds. The number of hydrogen-bond donors (Lipinski definition) is 12. The van der Waals surface area contributed by atoms with Crippen molar-refractivity contribution in [2.24, 2.45) is 39.4 Å². The Balaban J connectivity index is 0.879. The van der Waals surface area contributed by atoms with Crippen LogP contribution in [-0.4, -0.2) is 234 Å². The predicted octanol–water partition coefficient (Wildman–Crippen LogP) is -1.22. The van der Waals surface area contributed by atoms with Gasteiger partial charge in [-0.05, 0) is 99.2 Å². The highest BCUT2D eigenvalue weighted by atomic mass is 16.8. The largest absolute Gasteiger partial charge is 0.456 e. The first kappa shape index (κ1) is 60.0. The van der Waals surface area contributed by atoms with Crippen molar-refractivity contribution in [2.45, 2.75) is 253 Å². The summed E-state index contributed by atoms with van der Waals surface area (Å²) in [7, 11) is 1.20. The lowest BCUT2D eigenvalue weighted by Crippen LogP contribution is -2.68. The van der Waals surface area contributed by atoms with E-state index in [9.17, 15) is 66.1 Å². The topological polar surface area (TPSA) is 352 Å². The Bertz CT molecular complexity index is 2120. The number of carbonyl (C=O) groups is 1. The lowest BCUT2D eigenvalue weighted by molar-refractivity contribution is -0.389. The van der Waals surface area contributed by atoms with E-state index < -0.39 is 181 Å². The van der Waals surface area contributed by atoms with E-state index >= 15 is 0 Å². The molecule has 28 atom stereocenters. The minimum atomic E-state index is -1.91. The Morgan fingerprint density at radius 1 is 0.675 bits per heavy atom. The number of fused-ring (bicyclic) bond motifs is 4. The van der Waals surface area contributed by atoms with E-state index in [1.165, 1.54) is 14.0 Å². The maximum absolute atomic E-state index is 14.5. The van der Waals surface area contributed by atoms with Crippen molar-refractivity contribution in [3.05, 3.63) is 11.6 Å². The third-order valence-electron chi connectivity index (χ3n) is 20.6. The number of cyclic esters (lactones) is 1. The molecule has 9 aliphatic rings. The molecule has 12 N–H and O–H groups in total. The van der Waals surface area contributed by atoms with Crippen molar-refractivity contribution in [2.75, 3.05) is 26.9 Å². The standard InChI is InChI=1S/C54H88O23/c1-23(2)11-10-15-52(8)53(67)18-17-51(7)25-12-13-30-49(4,5)32(14-16-50(30,6)26(25)19-31(58)54(51,53)48(66)77-52)73-47-43(33(59)27(57)22-69-47)76-44-37(63)36(62)40(24(3)70-44)74-46-39(65)42(35(61)29(21-56)72-46)75-45-38(64)41(68-9)34(60)28(20-55)71-45/h19,23-25,27-47,55-65,67H,10-18,20-22H2,1-9H3/t24-,25-,27-,28-,29-,30+,31+,32+,33+,34-,35-,36-,37-,38-,39-,40-,41+,42+,43-,44+,45+,46+,47+,50-,51+,52+,53+,54-/m1/s1. The van der Waals surface area contributed by atoms with Crippen molar-refractivity contribution >= 4 is 5.97 Å². The second-order valence-electron chi connectivity index (χ2n) is 25.5. The molecular formula is C54H88O23. The van der Waals surface area contributed by atoms with E-state index in [1.54, 1.807) is 0 Å². The number of hydrogen-bond acceptors (Lipinski definition) is 23. The molecule has 8 fully saturated rings. The summed E-state index contributed by atoms with van der Waals surface area (Å²) in [5.41, 5.74) is -4.98. The van der Waals surface area contributed by atoms with E-state index in [4.69, 9.17) is 47.4 Å². The SMILES string of the molecule is CO[C@@H]1[C@@H](O)[C@H](O[C@@H]2[C@@H](O)[C@H](O[C@H]3[C@H](O)[C@@H](O)[C@H](O[C@H]4[C@H](O[C@H]5CC[C@]6(C)C7=C[C@H](O)[C@]89C(=O)O[C@@](C)(CCCC(C)C)[C@@]8(O)CC[C@@]9(C)[C@@H]7CC[C@H]6C5(C)C)OC[C@@H](O)[C@@H]4O)O[C@@H]3C)O[C@H](CO)[C@H]2O)O[C@H](CO)[C@H]1O. The van der Waals surface area contributed by atoms with Crippen LogP contribution in [0.1, 0.15) is 113 Å². The molecule has 5 saturated heterocycles. The van der Waals surface area contributed by atoms with Crippen LogP contribution in [-0.2, 0) is 52.2 Å². The molecule has 0 unspecified atom stereocenters. The fourth-order valence-corrected chi connectivity index (χ4v) is 16.2. The molecule has 4 aliphatic carbocycles. The molecule has 5 heterocycles. The number of rotatable bonds is 15. The van der Waals surface area contributed by atoms with E-state index in [2.05, 4.69) is 41.5 Å². The van der Waals surface area contributed by atoms with Crippen LogP contribution in [0.15, 0.2) is 11.6 Å². The van der Waals surface area contributed by atoms with Gasteiger partial charge in [-0.2, -0.15) is 0 Å². The van der Waals surface area contributed by atoms with Crippen molar-refractivity contribution < 1.29 is 113 Å². The maximum atomic E-state index is 14.5. The predicted molar refractivity (Wildman–Crippen MR) is 263 cm³/mol. The summed E-state index contributed by atoms with van der Waals surface area (Å²) >= 11 is 0. The first-order valence-electron chi connectivity index (χ1n) is 27.9. The van der Waals surface area contributed by atoms with Gasteiger partial charge in [0.1, 0.15) is 102 Å². The third kappa shape index (κ3) is 9.33. The average molecular weight is 1110 g/mol. The van der Waals surface area contributed by atoms with Crippen LogP contribution in [0.5, 0.6) is 0 Å². The first-order valence-corrected chi connectivity index (χ1v) is 27.9.